The maximum Gasteiger partial charge on any atom is 0.407 e. The third kappa shape index (κ3) is 17.4. The zero-order valence-corrected chi connectivity index (χ0v) is 47.8. The van der Waals surface area contributed by atoms with Crippen molar-refractivity contribution >= 4 is 47.0 Å². The van der Waals surface area contributed by atoms with Crippen molar-refractivity contribution in [3.8, 4) is 5.75 Å². The van der Waals surface area contributed by atoms with Gasteiger partial charge >= 0.3 is 47.7 Å². The zero-order chi connectivity index (χ0) is 54.6. The van der Waals surface area contributed by atoms with E-state index in [1.807, 2.05) is 66.7 Å². The average Bonchev–Trinajstić information content (AvgIpc) is 3.39. The predicted molar refractivity (Wildman–Crippen MR) is 291 cm³/mol. The van der Waals surface area contributed by atoms with Crippen LogP contribution in [-0.4, -0.2) is 64.9 Å². The van der Waals surface area contributed by atoms with Crippen LogP contribution in [-0.2, 0) is 42.8 Å². The first-order chi connectivity index (χ1) is 35.8. The van der Waals surface area contributed by atoms with Crippen molar-refractivity contribution < 1.29 is 71.6 Å². The van der Waals surface area contributed by atoms with Gasteiger partial charge in [-0.15, -0.1) is 6.58 Å². The van der Waals surface area contributed by atoms with Crippen molar-refractivity contribution in [1.82, 2.24) is 0 Å². The molecular weight excluding hydrogens is 1100 g/mol. The standard InChI is InChI=1S/C22H26O4Si.C17H26O2.C12H10I.C10H10O5S/c1-4-5-16-25-27(20-12-8-6-9-13-20,21-14-10-7-11-15-21)26-18-17-24-22(23)19(2)3;1-10(2)16(18)19-17(11(3)4)14-6-12-5-13(8-14)9-15(17)7-12;1-3-7-11(8-4-1)13-12-9-5-2-6-10-12;1-7(2)10(11)15-8-3-5-9(6-4-8)16(12,13)14/h4,6-15H,1-2,5,16-18H2,3H3;11-15H,1,5-9H2,2-4H3;1-10H;3-6H,1H2,2H3,(H,12,13,14)/q;;+1;/p-1. The van der Waals surface area contributed by atoms with E-state index in [9.17, 15) is 27.4 Å². The SMILES string of the molecule is C=C(C)C(=O)OC1(C(C)C)C2CC3CC(C2)CC1C3.C=C(C)C(=O)Oc1ccc(S(=O)(=O)[O-])cc1.C=CCCO[Si](OCCOC(=O)C(=C)C)(c1ccccc1)c1ccccc1.c1ccc([I+]c2ccccc2)cc1. The van der Waals surface area contributed by atoms with Crippen LogP contribution in [0.25, 0.3) is 0 Å². The van der Waals surface area contributed by atoms with E-state index in [2.05, 4.69) is 101 Å². The molecule has 4 aliphatic rings. The Bertz CT molecular complexity index is 2680. The second-order valence-corrected chi connectivity index (χ2v) is 26.7. The van der Waals surface area contributed by atoms with E-state index in [4.69, 9.17) is 23.1 Å². The molecule has 398 valence electrons. The lowest BCUT2D eigenvalue weighted by Gasteiger charge is -2.61. The Morgan fingerprint density at radius 1 is 0.627 bits per heavy atom. The van der Waals surface area contributed by atoms with Crippen LogP contribution in [0.5, 0.6) is 5.75 Å². The smallest absolute Gasteiger partial charge is 0.407 e. The molecule has 9 rings (SSSR count). The van der Waals surface area contributed by atoms with Gasteiger partial charge in [0.15, 0.2) is 7.14 Å². The van der Waals surface area contributed by atoms with Crippen LogP contribution in [0.4, 0.5) is 0 Å². The molecule has 5 aromatic carbocycles. The Morgan fingerprint density at radius 2 is 1.05 bits per heavy atom. The van der Waals surface area contributed by atoms with Crippen LogP contribution >= 0.6 is 0 Å². The van der Waals surface area contributed by atoms with Gasteiger partial charge in [0.2, 0.25) is 0 Å². The molecular formula is C61H71IO11SSi. The lowest BCUT2D eigenvalue weighted by molar-refractivity contribution is -0.597. The predicted octanol–water partition coefficient (Wildman–Crippen LogP) is 7.82. The van der Waals surface area contributed by atoms with E-state index in [-0.39, 0.29) is 62.2 Å². The molecule has 0 radical (unpaired) electrons. The van der Waals surface area contributed by atoms with Crippen molar-refractivity contribution in [2.24, 2.45) is 29.6 Å². The Balaban J connectivity index is 0.000000192. The van der Waals surface area contributed by atoms with Gasteiger partial charge in [0.25, 0.3) is 0 Å². The minimum absolute atomic E-state index is 0.0287. The highest BCUT2D eigenvalue weighted by Crippen LogP contribution is 2.61. The van der Waals surface area contributed by atoms with Gasteiger partial charge in [0.1, 0.15) is 28.1 Å². The first-order valence-electron chi connectivity index (χ1n) is 25.2. The van der Waals surface area contributed by atoms with Gasteiger partial charge in [-0.3, -0.25) is 0 Å². The van der Waals surface area contributed by atoms with Crippen LogP contribution in [0.1, 0.15) is 73.1 Å². The van der Waals surface area contributed by atoms with E-state index < -0.39 is 30.6 Å². The first-order valence-corrected chi connectivity index (χ1v) is 30.6. The lowest BCUT2D eigenvalue weighted by Crippen LogP contribution is -3.61. The fourth-order valence-corrected chi connectivity index (χ4v) is 15.8. The summed E-state index contributed by atoms with van der Waals surface area (Å²) >= 11 is 0.0287. The highest BCUT2D eigenvalue weighted by atomic mass is 127. The second kappa shape index (κ2) is 29.0. The summed E-state index contributed by atoms with van der Waals surface area (Å²) in [5, 5.41) is 2.01. The number of carbonyl (C=O) groups is 3. The monoisotopic (exact) mass is 1170 g/mol. The van der Waals surface area contributed by atoms with Gasteiger partial charge in [-0.05, 0) is 148 Å². The van der Waals surface area contributed by atoms with Crippen LogP contribution in [0.2, 0.25) is 0 Å². The van der Waals surface area contributed by atoms with Crippen molar-refractivity contribution in [3.63, 3.8) is 0 Å². The van der Waals surface area contributed by atoms with Gasteiger partial charge in [-0.2, -0.15) is 0 Å². The quantitative estimate of drug-likeness (QED) is 0.0116. The van der Waals surface area contributed by atoms with Crippen molar-refractivity contribution in [1.29, 1.82) is 0 Å². The molecule has 0 saturated heterocycles. The number of benzene rings is 5. The van der Waals surface area contributed by atoms with Gasteiger partial charge < -0.3 is 27.6 Å². The number of esters is 3. The number of halogens is 1. The van der Waals surface area contributed by atoms with Crippen LogP contribution in [0.3, 0.4) is 0 Å². The first kappa shape index (κ1) is 60.1. The molecule has 14 heteroatoms. The topological polar surface area (TPSA) is 155 Å². The fraction of sp³-hybridized carbons (Fsp3) is 0.328. The summed E-state index contributed by atoms with van der Waals surface area (Å²) in [4.78, 5) is 34.5. The van der Waals surface area contributed by atoms with Crippen molar-refractivity contribution in [3.05, 3.63) is 202 Å². The van der Waals surface area contributed by atoms with E-state index in [0.29, 0.717) is 35.5 Å². The third-order valence-electron chi connectivity index (χ3n) is 13.2. The van der Waals surface area contributed by atoms with Crippen LogP contribution in [0.15, 0.2) is 200 Å². The summed E-state index contributed by atoms with van der Waals surface area (Å²) in [6.07, 6.45) is 9.06. The third-order valence-corrected chi connectivity index (χ3v) is 20.1. The summed E-state index contributed by atoms with van der Waals surface area (Å²) in [6, 6.07) is 45.9. The maximum absolute atomic E-state index is 12.1. The maximum atomic E-state index is 12.1. The van der Waals surface area contributed by atoms with E-state index >= 15 is 0 Å². The van der Waals surface area contributed by atoms with Gasteiger partial charge in [0, 0.05) is 23.3 Å². The number of hydrogen-bond acceptors (Lipinski definition) is 11. The number of rotatable bonds is 19. The lowest BCUT2D eigenvalue weighted by atomic mass is 9.47. The molecule has 0 N–H and O–H groups in total. The molecule has 0 spiro atoms. The number of carbonyl (C=O) groups excluding carboxylic acids is 3. The Kier molecular flexibility index (Phi) is 23.2. The van der Waals surface area contributed by atoms with E-state index in [0.717, 1.165) is 40.8 Å². The highest BCUT2D eigenvalue weighted by molar-refractivity contribution is 7.85. The van der Waals surface area contributed by atoms with Gasteiger partial charge in [-0.1, -0.05) is 137 Å². The number of ether oxygens (including phenoxy) is 3. The zero-order valence-electron chi connectivity index (χ0n) is 43.8. The summed E-state index contributed by atoms with van der Waals surface area (Å²) in [5.41, 5.74) is 0.921. The van der Waals surface area contributed by atoms with Gasteiger partial charge in [-0.25, -0.2) is 22.8 Å². The molecule has 0 aliphatic heterocycles. The minimum Gasteiger partial charge on any atom is -0.744 e. The van der Waals surface area contributed by atoms with E-state index in [1.165, 1.54) is 58.3 Å². The minimum atomic E-state index is -4.47. The molecule has 4 saturated carbocycles. The molecule has 0 heterocycles. The summed E-state index contributed by atoms with van der Waals surface area (Å²) in [5.74, 6) is 2.33. The Labute approximate surface area is 456 Å². The molecule has 0 amide bonds. The second-order valence-electron chi connectivity index (χ2n) is 19.3. The van der Waals surface area contributed by atoms with Crippen LogP contribution < -0.4 is 36.3 Å². The molecule has 4 aliphatic carbocycles. The fourth-order valence-electron chi connectivity index (χ4n) is 9.93. The molecule has 4 bridgehead atoms. The molecule has 0 aromatic heterocycles. The molecule has 75 heavy (non-hydrogen) atoms. The Hall–Kier alpha value is -5.75. The highest BCUT2D eigenvalue weighted by Gasteiger charge is 2.60. The molecule has 11 nitrogen and oxygen atoms in total. The van der Waals surface area contributed by atoms with Crippen molar-refractivity contribution in [2.75, 3.05) is 19.8 Å². The summed E-state index contributed by atoms with van der Waals surface area (Å²) in [7, 11) is -7.42. The van der Waals surface area contributed by atoms with E-state index in [1.54, 1.807) is 13.8 Å². The number of hydrogen-bond donors (Lipinski definition) is 0. The average molecular weight is 1170 g/mol. The normalized spacial score (nSPS) is 19.0. The van der Waals surface area contributed by atoms with Gasteiger partial charge in [0.05, 0.1) is 11.5 Å². The molecule has 5 aromatic rings. The molecule has 0 atom stereocenters. The van der Waals surface area contributed by atoms with Crippen molar-refractivity contribution in [2.45, 2.75) is 83.6 Å². The summed E-state index contributed by atoms with van der Waals surface area (Å²) in [6.45, 7) is 24.7. The molecule has 4 fully saturated rings. The Morgan fingerprint density at radius 3 is 1.45 bits per heavy atom. The van der Waals surface area contributed by atoms with Crippen LogP contribution in [0, 0.1) is 36.7 Å². The molecule has 0 unspecified atom stereocenters. The summed E-state index contributed by atoms with van der Waals surface area (Å²) < 4.78 is 63.6. The largest absolute Gasteiger partial charge is 0.744 e.